The van der Waals surface area contributed by atoms with Crippen molar-refractivity contribution in [2.75, 3.05) is 26.7 Å². The molecule has 19 heavy (non-hydrogen) atoms. The predicted octanol–water partition coefficient (Wildman–Crippen LogP) is 0.799. The molecule has 0 bridgehead atoms. The Morgan fingerprint density at radius 3 is 2.84 bits per heavy atom. The first-order valence-electron chi connectivity index (χ1n) is 6.36. The molecular weight excluding hydrogens is 284 g/mol. The third kappa shape index (κ3) is 6.44. The summed E-state index contributed by atoms with van der Waals surface area (Å²) in [7, 11) is -1.82. The molecular formula is C11H22N4O2S2. The molecule has 1 aromatic rings. The van der Waals surface area contributed by atoms with Crippen molar-refractivity contribution in [3.63, 3.8) is 0 Å². The maximum absolute atomic E-state index is 11.9. The molecule has 0 aliphatic rings. The fraction of sp³-hybridized carbons (Fsp3) is 0.727. The number of hydrogen-bond acceptors (Lipinski definition) is 5. The molecule has 2 N–H and O–H groups in total. The van der Waals surface area contributed by atoms with Gasteiger partial charge in [0.15, 0.2) is 0 Å². The molecule has 1 aromatic heterocycles. The maximum Gasteiger partial charge on any atom is 0.279 e. The summed E-state index contributed by atoms with van der Waals surface area (Å²) in [5.74, 6) is 0. The number of thiazole rings is 1. The van der Waals surface area contributed by atoms with Crippen LogP contribution in [0.25, 0.3) is 0 Å². The minimum atomic E-state index is -3.41. The molecule has 0 saturated carbocycles. The van der Waals surface area contributed by atoms with Gasteiger partial charge in [-0.15, -0.1) is 11.3 Å². The Morgan fingerprint density at radius 1 is 1.42 bits per heavy atom. The second-order valence-corrected chi connectivity index (χ2v) is 7.02. The van der Waals surface area contributed by atoms with Gasteiger partial charge < -0.3 is 5.32 Å². The highest BCUT2D eigenvalue weighted by atomic mass is 32.2. The van der Waals surface area contributed by atoms with Crippen LogP contribution in [-0.4, -0.2) is 44.4 Å². The van der Waals surface area contributed by atoms with Crippen LogP contribution in [0.2, 0.25) is 0 Å². The van der Waals surface area contributed by atoms with E-state index in [9.17, 15) is 8.42 Å². The molecule has 0 aliphatic heterocycles. The quantitative estimate of drug-likeness (QED) is 0.627. The standard InChI is InChI=1S/C11H22N4O2S2/c1-3-5-12-6-4-8-15(2)19(16,17)14-10-11-13-7-9-18-11/h7,9,12,14H,3-6,8,10H2,1-2H3. The average molecular weight is 306 g/mol. The topological polar surface area (TPSA) is 74.3 Å². The van der Waals surface area contributed by atoms with E-state index in [1.807, 2.05) is 5.38 Å². The molecule has 110 valence electrons. The SMILES string of the molecule is CCCNCCCN(C)S(=O)(=O)NCc1nccs1. The summed E-state index contributed by atoms with van der Waals surface area (Å²) in [6.45, 7) is 4.66. The van der Waals surface area contributed by atoms with Gasteiger partial charge in [-0.05, 0) is 25.9 Å². The molecule has 0 aromatic carbocycles. The molecule has 0 unspecified atom stereocenters. The number of hydrogen-bond donors (Lipinski definition) is 2. The van der Waals surface area contributed by atoms with Crippen LogP contribution in [0.1, 0.15) is 24.8 Å². The van der Waals surface area contributed by atoms with E-state index in [4.69, 9.17) is 0 Å². The summed E-state index contributed by atoms with van der Waals surface area (Å²) in [6.07, 6.45) is 3.55. The summed E-state index contributed by atoms with van der Waals surface area (Å²) in [5.41, 5.74) is 0. The van der Waals surface area contributed by atoms with Crippen LogP contribution >= 0.6 is 11.3 Å². The fourth-order valence-electron chi connectivity index (χ4n) is 1.45. The first-order chi connectivity index (χ1) is 9.06. The van der Waals surface area contributed by atoms with Crippen molar-refractivity contribution >= 4 is 21.5 Å². The van der Waals surface area contributed by atoms with E-state index in [1.54, 1.807) is 13.2 Å². The van der Waals surface area contributed by atoms with Crippen LogP contribution in [0.15, 0.2) is 11.6 Å². The van der Waals surface area contributed by atoms with Gasteiger partial charge >= 0.3 is 0 Å². The first-order valence-corrected chi connectivity index (χ1v) is 8.68. The van der Waals surface area contributed by atoms with Gasteiger partial charge in [0.1, 0.15) is 5.01 Å². The zero-order valence-electron chi connectivity index (χ0n) is 11.4. The third-order valence-electron chi connectivity index (χ3n) is 2.55. The van der Waals surface area contributed by atoms with Crippen LogP contribution in [0.3, 0.4) is 0 Å². The van der Waals surface area contributed by atoms with Gasteiger partial charge in [0.05, 0.1) is 6.54 Å². The van der Waals surface area contributed by atoms with Crippen LogP contribution in [0, 0.1) is 0 Å². The van der Waals surface area contributed by atoms with Gasteiger partial charge in [-0.25, -0.2) is 4.98 Å². The molecule has 0 amide bonds. The first kappa shape index (κ1) is 16.5. The van der Waals surface area contributed by atoms with E-state index in [2.05, 4.69) is 21.9 Å². The number of nitrogens with zero attached hydrogens (tertiary/aromatic N) is 2. The molecule has 0 radical (unpaired) electrons. The highest BCUT2D eigenvalue weighted by Gasteiger charge is 2.16. The van der Waals surface area contributed by atoms with Gasteiger partial charge in [-0.1, -0.05) is 6.92 Å². The van der Waals surface area contributed by atoms with Gasteiger partial charge in [-0.2, -0.15) is 17.4 Å². The van der Waals surface area contributed by atoms with Crippen molar-refractivity contribution in [1.29, 1.82) is 0 Å². The highest BCUT2D eigenvalue weighted by molar-refractivity contribution is 7.87. The zero-order chi connectivity index (χ0) is 14.1. The largest absolute Gasteiger partial charge is 0.317 e. The molecule has 1 heterocycles. The average Bonchev–Trinajstić information content (AvgIpc) is 2.89. The summed E-state index contributed by atoms with van der Waals surface area (Å²) < 4.78 is 27.7. The molecule has 0 aliphatic carbocycles. The Hall–Kier alpha value is -0.540. The summed E-state index contributed by atoms with van der Waals surface area (Å²) in [5, 5.41) is 5.84. The lowest BCUT2D eigenvalue weighted by molar-refractivity contribution is 0.444. The van der Waals surface area contributed by atoms with Crippen molar-refractivity contribution in [2.24, 2.45) is 0 Å². The van der Waals surface area contributed by atoms with E-state index in [0.29, 0.717) is 6.54 Å². The van der Waals surface area contributed by atoms with Crippen molar-refractivity contribution in [2.45, 2.75) is 26.3 Å². The Kier molecular flexibility index (Phi) is 7.47. The van der Waals surface area contributed by atoms with Crippen molar-refractivity contribution < 1.29 is 8.42 Å². The summed E-state index contributed by atoms with van der Waals surface area (Å²) >= 11 is 1.44. The van der Waals surface area contributed by atoms with Crippen molar-refractivity contribution in [3.05, 3.63) is 16.6 Å². The predicted molar refractivity (Wildman–Crippen MR) is 78.3 cm³/mol. The highest BCUT2D eigenvalue weighted by Crippen LogP contribution is 2.04. The normalized spacial score (nSPS) is 12.2. The van der Waals surface area contributed by atoms with Crippen molar-refractivity contribution in [3.8, 4) is 0 Å². The number of nitrogens with one attached hydrogen (secondary N) is 2. The molecule has 6 nitrogen and oxygen atoms in total. The van der Waals surface area contributed by atoms with E-state index < -0.39 is 10.2 Å². The Balaban J connectivity index is 2.27. The van der Waals surface area contributed by atoms with E-state index in [0.717, 1.165) is 30.9 Å². The van der Waals surface area contributed by atoms with Crippen LogP contribution in [-0.2, 0) is 16.8 Å². The lowest BCUT2D eigenvalue weighted by Crippen LogP contribution is -2.39. The Morgan fingerprint density at radius 2 is 2.21 bits per heavy atom. The van der Waals surface area contributed by atoms with E-state index in [-0.39, 0.29) is 6.54 Å². The lowest BCUT2D eigenvalue weighted by Gasteiger charge is -2.17. The Bertz CT molecular complexity index is 434. The van der Waals surface area contributed by atoms with Gasteiger partial charge in [0, 0.05) is 25.2 Å². The molecule has 0 atom stereocenters. The molecule has 0 saturated heterocycles. The minimum Gasteiger partial charge on any atom is -0.317 e. The van der Waals surface area contributed by atoms with E-state index >= 15 is 0 Å². The zero-order valence-corrected chi connectivity index (χ0v) is 13.1. The Labute approximate surface area is 119 Å². The second-order valence-electron chi connectivity index (χ2n) is 4.18. The molecule has 0 spiro atoms. The van der Waals surface area contributed by atoms with Crippen LogP contribution in [0.5, 0.6) is 0 Å². The molecule has 0 fully saturated rings. The van der Waals surface area contributed by atoms with Crippen LogP contribution in [0.4, 0.5) is 0 Å². The van der Waals surface area contributed by atoms with Gasteiger partial charge in [0.25, 0.3) is 10.2 Å². The monoisotopic (exact) mass is 306 g/mol. The molecule has 1 rings (SSSR count). The molecule has 8 heteroatoms. The van der Waals surface area contributed by atoms with Crippen molar-refractivity contribution in [1.82, 2.24) is 19.3 Å². The summed E-state index contributed by atoms with van der Waals surface area (Å²) in [6, 6.07) is 0. The number of rotatable bonds is 10. The third-order valence-corrected chi connectivity index (χ3v) is 4.84. The van der Waals surface area contributed by atoms with E-state index in [1.165, 1.54) is 15.6 Å². The second kappa shape index (κ2) is 8.60. The fourth-order valence-corrected chi connectivity index (χ4v) is 3.01. The van der Waals surface area contributed by atoms with Gasteiger partial charge in [0.2, 0.25) is 0 Å². The lowest BCUT2D eigenvalue weighted by atomic mass is 10.4. The minimum absolute atomic E-state index is 0.248. The summed E-state index contributed by atoms with van der Waals surface area (Å²) in [4.78, 5) is 4.04. The number of aromatic nitrogens is 1. The van der Waals surface area contributed by atoms with Crippen LogP contribution < -0.4 is 10.0 Å². The maximum atomic E-state index is 11.9. The smallest absolute Gasteiger partial charge is 0.279 e. The van der Waals surface area contributed by atoms with Gasteiger partial charge in [-0.3, -0.25) is 0 Å².